The van der Waals surface area contributed by atoms with E-state index in [-0.39, 0.29) is 0 Å². The zero-order valence-electron chi connectivity index (χ0n) is 12.4. The Balaban J connectivity index is 1.65. The van der Waals surface area contributed by atoms with Crippen molar-refractivity contribution in [2.75, 3.05) is 13.7 Å². The lowest BCUT2D eigenvalue weighted by molar-refractivity contribution is 0.0904. The molecule has 3 aliphatic rings. The van der Waals surface area contributed by atoms with Crippen LogP contribution in [0.1, 0.15) is 57.8 Å². The second kappa shape index (κ2) is 6.30. The van der Waals surface area contributed by atoms with Crippen molar-refractivity contribution in [3.8, 4) is 0 Å². The summed E-state index contributed by atoms with van der Waals surface area (Å²) in [5.74, 6) is 4.10. The van der Waals surface area contributed by atoms with Crippen molar-refractivity contribution in [1.82, 2.24) is 5.32 Å². The molecule has 3 rings (SSSR count). The summed E-state index contributed by atoms with van der Waals surface area (Å²) >= 11 is 0. The molecule has 0 saturated heterocycles. The minimum Gasteiger partial charge on any atom is -0.497 e. The number of nitrogens with one attached hydrogen (secondary N) is 1. The minimum atomic E-state index is 0.475. The van der Waals surface area contributed by atoms with E-state index in [9.17, 15) is 0 Å². The van der Waals surface area contributed by atoms with Crippen LogP contribution in [-0.2, 0) is 4.74 Å². The number of ether oxygens (including phenoxy) is 1. The SMILES string of the molecule is CNC(C1=CCCCO1)C1CCC2CCCCC2C1. The van der Waals surface area contributed by atoms with E-state index in [1.54, 1.807) is 0 Å². The molecule has 2 nitrogen and oxygen atoms in total. The summed E-state index contributed by atoms with van der Waals surface area (Å²) in [7, 11) is 2.11. The summed E-state index contributed by atoms with van der Waals surface area (Å²) in [5.41, 5.74) is 0. The van der Waals surface area contributed by atoms with Crippen LogP contribution in [0.25, 0.3) is 0 Å². The zero-order valence-corrected chi connectivity index (χ0v) is 12.4. The van der Waals surface area contributed by atoms with Gasteiger partial charge >= 0.3 is 0 Å². The van der Waals surface area contributed by atoms with Gasteiger partial charge in [-0.15, -0.1) is 0 Å². The van der Waals surface area contributed by atoms with E-state index in [2.05, 4.69) is 18.4 Å². The van der Waals surface area contributed by atoms with Gasteiger partial charge in [0.15, 0.2) is 0 Å². The highest BCUT2D eigenvalue weighted by atomic mass is 16.5. The molecule has 0 aromatic rings. The van der Waals surface area contributed by atoms with Gasteiger partial charge in [-0.25, -0.2) is 0 Å². The monoisotopic (exact) mass is 263 g/mol. The number of fused-ring (bicyclic) bond motifs is 1. The molecule has 2 saturated carbocycles. The van der Waals surface area contributed by atoms with Crippen molar-refractivity contribution in [1.29, 1.82) is 0 Å². The lowest BCUT2D eigenvalue weighted by atomic mass is 9.66. The standard InChI is InChI=1S/C17H29NO/c1-18-17(16-8-4-5-11-19-16)15-10-9-13-6-2-3-7-14(13)12-15/h8,13-15,17-18H,2-7,9-12H2,1H3. The van der Waals surface area contributed by atoms with Gasteiger partial charge in [-0.2, -0.15) is 0 Å². The summed E-state index contributed by atoms with van der Waals surface area (Å²) in [6.45, 7) is 0.919. The topological polar surface area (TPSA) is 21.3 Å². The van der Waals surface area contributed by atoms with Crippen molar-refractivity contribution < 1.29 is 4.74 Å². The molecule has 0 spiro atoms. The van der Waals surface area contributed by atoms with Gasteiger partial charge in [0.05, 0.1) is 12.6 Å². The van der Waals surface area contributed by atoms with Crippen LogP contribution in [-0.4, -0.2) is 19.7 Å². The molecule has 1 heterocycles. The largest absolute Gasteiger partial charge is 0.497 e. The first kappa shape index (κ1) is 13.5. The fourth-order valence-electron chi connectivity index (χ4n) is 4.62. The van der Waals surface area contributed by atoms with Crippen molar-refractivity contribution in [2.24, 2.45) is 17.8 Å². The van der Waals surface area contributed by atoms with Crippen LogP contribution in [0.5, 0.6) is 0 Å². The number of hydrogen-bond donors (Lipinski definition) is 1. The molecule has 0 aromatic heterocycles. The fraction of sp³-hybridized carbons (Fsp3) is 0.882. The Bertz CT molecular complexity index is 325. The highest BCUT2D eigenvalue weighted by molar-refractivity contribution is 5.08. The molecule has 4 atom stereocenters. The first-order valence-electron chi connectivity index (χ1n) is 8.38. The average Bonchev–Trinajstić information content (AvgIpc) is 2.49. The van der Waals surface area contributed by atoms with E-state index in [1.807, 2.05) is 0 Å². The molecule has 1 N–H and O–H groups in total. The molecule has 19 heavy (non-hydrogen) atoms. The first-order valence-corrected chi connectivity index (χ1v) is 8.38. The average molecular weight is 263 g/mol. The molecule has 0 bridgehead atoms. The lowest BCUT2D eigenvalue weighted by Crippen LogP contribution is -2.41. The van der Waals surface area contributed by atoms with Gasteiger partial charge < -0.3 is 10.1 Å². The third-order valence-corrected chi connectivity index (χ3v) is 5.63. The fourth-order valence-corrected chi connectivity index (χ4v) is 4.62. The van der Waals surface area contributed by atoms with Crippen LogP contribution in [0.15, 0.2) is 11.8 Å². The Morgan fingerprint density at radius 1 is 1.11 bits per heavy atom. The van der Waals surface area contributed by atoms with Gasteiger partial charge in [-0.1, -0.05) is 25.7 Å². The third kappa shape index (κ3) is 2.99. The van der Waals surface area contributed by atoms with Crippen LogP contribution < -0.4 is 5.32 Å². The summed E-state index contributed by atoms with van der Waals surface area (Å²) in [5, 5.41) is 3.54. The third-order valence-electron chi connectivity index (χ3n) is 5.63. The molecule has 2 heteroatoms. The Hall–Kier alpha value is -0.500. The van der Waals surface area contributed by atoms with Crippen molar-refractivity contribution in [3.05, 3.63) is 11.8 Å². The number of hydrogen-bond acceptors (Lipinski definition) is 2. The second-order valence-electron chi connectivity index (χ2n) is 6.74. The molecule has 2 aliphatic carbocycles. The molecular formula is C17H29NO. The van der Waals surface area contributed by atoms with Crippen LogP contribution in [0.4, 0.5) is 0 Å². The number of rotatable bonds is 3. The predicted molar refractivity (Wildman–Crippen MR) is 78.9 cm³/mol. The maximum absolute atomic E-state index is 5.92. The molecule has 4 unspecified atom stereocenters. The van der Waals surface area contributed by atoms with Crippen LogP contribution in [0, 0.1) is 17.8 Å². The number of likely N-dealkylation sites (N-methyl/N-ethyl adjacent to an activating group) is 1. The molecule has 0 aromatic carbocycles. The maximum atomic E-state index is 5.92. The van der Waals surface area contributed by atoms with Gasteiger partial charge in [0.2, 0.25) is 0 Å². The quantitative estimate of drug-likeness (QED) is 0.834. The van der Waals surface area contributed by atoms with Crippen molar-refractivity contribution in [2.45, 2.75) is 63.8 Å². The molecule has 0 amide bonds. The first-order chi connectivity index (χ1) is 9.38. The molecule has 108 valence electrons. The summed E-state index contributed by atoms with van der Waals surface area (Å²) < 4.78 is 5.92. The molecule has 2 fully saturated rings. The van der Waals surface area contributed by atoms with Crippen molar-refractivity contribution in [3.63, 3.8) is 0 Å². The van der Waals surface area contributed by atoms with Crippen LogP contribution >= 0.6 is 0 Å². The van der Waals surface area contributed by atoms with E-state index in [1.165, 1.54) is 63.5 Å². The van der Waals surface area contributed by atoms with Gasteiger partial charge in [0.25, 0.3) is 0 Å². The van der Waals surface area contributed by atoms with Crippen molar-refractivity contribution >= 4 is 0 Å². The van der Waals surface area contributed by atoms with E-state index in [0.717, 1.165) is 24.4 Å². The van der Waals surface area contributed by atoms with Gasteiger partial charge in [0, 0.05) is 0 Å². The summed E-state index contributed by atoms with van der Waals surface area (Å²) in [4.78, 5) is 0. The van der Waals surface area contributed by atoms with E-state index >= 15 is 0 Å². The van der Waals surface area contributed by atoms with Gasteiger partial charge in [-0.3, -0.25) is 0 Å². The highest BCUT2D eigenvalue weighted by Crippen LogP contribution is 2.44. The zero-order chi connectivity index (χ0) is 13.1. The normalized spacial score (nSPS) is 36.9. The Morgan fingerprint density at radius 2 is 1.95 bits per heavy atom. The Morgan fingerprint density at radius 3 is 2.68 bits per heavy atom. The van der Waals surface area contributed by atoms with Crippen LogP contribution in [0.3, 0.4) is 0 Å². The highest BCUT2D eigenvalue weighted by Gasteiger charge is 2.36. The minimum absolute atomic E-state index is 0.475. The maximum Gasteiger partial charge on any atom is 0.109 e. The van der Waals surface area contributed by atoms with E-state index < -0.39 is 0 Å². The molecule has 1 aliphatic heterocycles. The van der Waals surface area contributed by atoms with E-state index in [0.29, 0.717) is 6.04 Å². The summed E-state index contributed by atoms with van der Waals surface area (Å²) in [6, 6.07) is 0.475. The molecule has 0 radical (unpaired) electrons. The number of allylic oxidation sites excluding steroid dienone is 1. The Kier molecular flexibility index (Phi) is 4.47. The van der Waals surface area contributed by atoms with Gasteiger partial charge in [-0.05, 0) is 63.0 Å². The second-order valence-corrected chi connectivity index (χ2v) is 6.74. The molecular weight excluding hydrogens is 234 g/mol. The van der Waals surface area contributed by atoms with Crippen LogP contribution in [0.2, 0.25) is 0 Å². The Labute approximate surface area is 118 Å². The van der Waals surface area contributed by atoms with Gasteiger partial charge in [0.1, 0.15) is 5.76 Å². The predicted octanol–water partition coefficient (Wildman–Crippen LogP) is 3.88. The van der Waals surface area contributed by atoms with E-state index in [4.69, 9.17) is 4.74 Å². The lowest BCUT2D eigenvalue weighted by Gasteiger charge is -2.42. The smallest absolute Gasteiger partial charge is 0.109 e. The summed E-state index contributed by atoms with van der Waals surface area (Å²) in [6.07, 6.45) is 14.9.